The van der Waals surface area contributed by atoms with Crippen LogP contribution >= 0.6 is 0 Å². The van der Waals surface area contributed by atoms with E-state index in [9.17, 15) is 9.90 Å². The van der Waals surface area contributed by atoms with E-state index in [0.29, 0.717) is 12.1 Å². The predicted octanol–water partition coefficient (Wildman–Crippen LogP) is 2.66. The fourth-order valence-electron chi connectivity index (χ4n) is 3.96. The number of carbonyl (C=O) groups excluding carboxylic acids is 1. The van der Waals surface area contributed by atoms with Crippen LogP contribution in [-0.2, 0) is 13.1 Å². The number of ketones is 1. The summed E-state index contributed by atoms with van der Waals surface area (Å²) in [7, 11) is 0. The molecule has 1 heterocycles. The van der Waals surface area contributed by atoms with Crippen LogP contribution in [0.4, 0.5) is 0 Å². The number of aromatic hydroxyl groups is 1. The fourth-order valence-corrected chi connectivity index (χ4v) is 3.96. The molecule has 2 N–H and O–H groups in total. The van der Waals surface area contributed by atoms with E-state index in [-0.39, 0.29) is 11.3 Å². The largest absolute Gasteiger partial charge is 0.507 e. The van der Waals surface area contributed by atoms with Crippen molar-refractivity contribution in [1.82, 2.24) is 9.80 Å². The van der Waals surface area contributed by atoms with E-state index in [1.54, 1.807) is 12.1 Å². The van der Waals surface area contributed by atoms with E-state index in [4.69, 9.17) is 5.11 Å². The van der Waals surface area contributed by atoms with E-state index >= 15 is 0 Å². The van der Waals surface area contributed by atoms with E-state index in [1.165, 1.54) is 5.56 Å². The molecule has 0 radical (unpaired) electrons. The monoisotopic (exact) mass is 368 g/mol. The van der Waals surface area contributed by atoms with Gasteiger partial charge in [0, 0.05) is 38.3 Å². The van der Waals surface area contributed by atoms with Gasteiger partial charge in [0.15, 0.2) is 5.78 Å². The van der Waals surface area contributed by atoms with Gasteiger partial charge < -0.3 is 10.2 Å². The predicted molar refractivity (Wildman–Crippen MR) is 106 cm³/mol. The van der Waals surface area contributed by atoms with Crippen LogP contribution in [0.1, 0.15) is 35.3 Å². The van der Waals surface area contributed by atoms with Gasteiger partial charge in [0.1, 0.15) is 12.4 Å². The molecule has 144 valence electrons. The number of phenolic OH excluding ortho intramolecular Hbond substituents is 1. The normalized spacial score (nSPS) is 21.3. The zero-order chi connectivity index (χ0) is 19.4. The average Bonchev–Trinajstić information content (AvgIpc) is 2.65. The molecular weight excluding hydrogens is 340 g/mol. The number of aliphatic hydroxyl groups excluding tert-OH is 1. The second kappa shape index (κ2) is 8.65. The molecular formula is C22H28N2O3. The van der Waals surface area contributed by atoms with Gasteiger partial charge in [0.2, 0.25) is 0 Å². The Morgan fingerprint density at radius 1 is 1.00 bits per heavy atom. The quantitative estimate of drug-likeness (QED) is 0.768. The first-order valence-electron chi connectivity index (χ1n) is 9.46. The minimum atomic E-state index is -0.592. The van der Waals surface area contributed by atoms with Crippen LogP contribution in [-0.4, -0.2) is 57.6 Å². The topological polar surface area (TPSA) is 64.0 Å². The van der Waals surface area contributed by atoms with Crippen molar-refractivity contribution < 1.29 is 15.0 Å². The molecule has 0 aromatic heterocycles. The second-order valence-electron chi connectivity index (χ2n) is 7.48. The first kappa shape index (κ1) is 19.5. The third-order valence-electron chi connectivity index (χ3n) is 5.30. The van der Waals surface area contributed by atoms with Crippen molar-refractivity contribution in [3.8, 4) is 5.75 Å². The molecule has 5 nitrogen and oxygen atoms in total. The SMILES string of the molecule is C[C@@H]1CN(Cc2ccc(C(=O)CO)c(O)c2)C[C@H](C)N1Cc1ccccc1. The summed E-state index contributed by atoms with van der Waals surface area (Å²) in [6.07, 6.45) is 0. The first-order valence-corrected chi connectivity index (χ1v) is 9.46. The number of benzene rings is 2. The maximum absolute atomic E-state index is 11.6. The Hall–Kier alpha value is -2.21. The van der Waals surface area contributed by atoms with Gasteiger partial charge in [-0.15, -0.1) is 0 Å². The minimum Gasteiger partial charge on any atom is -0.507 e. The van der Waals surface area contributed by atoms with Crippen LogP contribution in [0.15, 0.2) is 48.5 Å². The molecule has 2 aromatic carbocycles. The molecule has 1 fully saturated rings. The van der Waals surface area contributed by atoms with E-state index in [1.807, 2.05) is 12.1 Å². The molecule has 0 bridgehead atoms. The number of phenols is 1. The van der Waals surface area contributed by atoms with Gasteiger partial charge >= 0.3 is 0 Å². The van der Waals surface area contributed by atoms with E-state index in [2.05, 4.69) is 47.9 Å². The van der Waals surface area contributed by atoms with Crippen LogP contribution in [0.25, 0.3) is 0 Å². The summed E-state index contributed by atoms with van der Waals surface area (Å²) in [5.41, 5.74) is 2.48. The number of Topliss-reactive ketones (excluding diaryl/α,β-unsaturated/α-hetero) is 1. The Bertz CT molecular complexity index is 766. The van der Waals surface area contributed by atoms with Crippen LogP contribution in [0.3, 0.4) is 0 Å². The van der Waals surface area contributed by atoms with Crippen molar-refractivity contribution in [3.63, 3.8) is 0 Å². The highest BCUT2D eigenvalue weighted by Gasteiger charge is 2.29. The van der Waals surface area contributed by atoms with Crippen LogP contribution in [0.5, 0.6) is 5.75 Å². The molecule has 0 unspecified atom stereocenters. The van der Waals surface area contributed by atoms with E-state index in [0.717, 1.165) is 31.7 Å². The Kier molecular flexibility index (Phi) is 6.26. The minimum absolute atomic E-state index is 0.0599. The average molecular weight is 368 g/mol. The fraction of sp³-hybridized carbons (Fsp3) is 0.409. The summed E-state index contributed by atoms with van der Waals surface area (Å²) in [4.78, 5) is 16.5. The van der Waals surface area contributed by atoms with Gasteiger partial charge in [-0.2, -0.15) is 0 Å². The van der Waals surface area contributed by atoms with Crippen molar-refractivity contribution in [2.45, 2.75) is 39.0 Å². The lowest BCUT2D eigenvalue weighted by molar-refractivity contribution is 0.0290. The molecule has 27 heavy (non-hydrogen) atoms. The van der Waals surface area contributed by atoms with Crippen LogP contribution < -0.4 is 0 Å². The molecule has 0 aliphatic carbocycles. The summed E-state index contributed by atoms with van der Waals surface area (Å²) in [5, 5.41) is 19.0. The zero-order valence-corrected chi connectivity index (χ0v) is 16.0. The number of nitrogens with zero attached hydrogens (tertiary/aromatic N) is 2. The van der Waals surface area contributed by atoms with E-state index < -0.39 is 12.4 Å². The van der Waals surface area contributed by atoms with Crippen molar-refractivity contribution >= 4 is 5.78 Å². The third kappa shape index (κ3) is 4.75. The van der Waals surface area contributed by atoms with Gasteiger partial charge in [-0.25, -0.2) is 0 Å². The summed E-state index contributed by atoms with van der Waals surface area (Å²) < 4.78 is 0. The van der Waals surface area contributed by atoms with Crippen molar-refractivity contribution in [1.29, 1.82) is 0 Å². The van der Waals surface area contributed by atoms with Crippen LogP contribution in [0, 0.1) is 0 Å². The molecule has 1 aliphatic heterocycles. The second-order valence-corrected chi connectivity index (χ2v) is 7.48. The third-order valence-corrected chi connectivity index (χ3v) is 5.30. The number of aliphatic hydroxyl groups is 1. The van der Waals surface area contributed by atoms with Crippen molar-refractivity contribution in [3.05, 3.63) is 65.2 Å². The molecule has 0 spiro atoms. The highest BCUT2D eigenvalue weighted by Crippen LogP contribution is 2.23. The van der Waals surface area contributed by atoms with Gasteiger partial charge in [0.05, 0.1) is 5.56 Å². The van der Waals surface area contributed by atoms with Gasteiger partial charge in [-0.3, -0.25) is 14.6 Å². The van der Waals surface area contributed by atoms with Gasteiger partial charge in [-0.05, 0) is 37.1 Å². The Labute approximate surface area is 160 Å². The molecule has 2 aromatic rings. The molecule has 1 aliphatic rings. The summed E-state index contributed by atoms with van der Waals surface area (Å²) >= 11 is 0. The Morgan fingerprint density at radius 3 is 2.26 bits per heavy atom. The highest BCUT2D eigenvalue weighted by molar-refractivity contribution is 5.99. The van der Waals surface area contributed by atoms with Gasteiger partial charge in [0.25, 0.3) is 0 Å². The Balaban J connectivity index is 1.63. The zero-order valence-electron chi connectivity index (χ0n) is 16.0. The smallest absolute Gasteiger partial charge is 0.191 e. The number of carbonyl (C=O) groups is 1. The number of piperazine rings is 1. The summed E-state index contributed by atoms with van der Waals surface area (Å²) in [6.45, 7) is 7.51. The van der Waals surface area contributed by atoms with Crippen LogP contribution in [0.2, 0.25) is 0 Å². The molecule has 0 amide bonds. The lowest BCUT2D eigenvalue weighted by atomic mass is 10.0. The lowest BCUT2D eigenvalue weighted by Gasteiger charge is -2.44. The first-order chi connectivity index (χ1) is 13.0. The number of rotatable bonds is 6. The summed E-state index contributed by atoms with van der Waals surface area (Å²) in [6, 6.07) is 16.5. The number of hydrogen-bond donors (Lipinski definition) is 2. The highest BCUT2D eigenvalue weighted by atomic mass is 16.3. The van der Waals surface area contributed by atoms with Gasteiger partial charge in [-0.1, -0.05) is 36.4 Å². The number of hydrogen-bond acceptors (Lipinski definition) is 5. The lowest BCUT2D eigenvalue weighted by Crippen LogP contribution is -2.55. The summed E-state index contributed by atoms with van der Waals surface area (Å²) in [5.74, 6) is -0.522. The molecule has 2 atom stereocenters. The Morgan fingerprint density at radius 2 is 1.67 bits per heavy atom. The molecule has 1 saturated heterocycles. The van der Waals surface area contributed by atoms with Crippen molar-refractivity contribution in [2.75, 3.05) is 19.7 Å². The molecule has 5 heteroatoms. The molecule has 3 rings (SSSR count). The van der Waals surface area contributed by atoms with Crippen molar-refractivity contribution in [2.24, 2.45) is 0 Å². The standard InChI is InChI=1S/C22H28N2O3/c1-16-11-23(12-17(2)24(16)14-18-6-4-3-5-7-18)13-19-8-9-20(21(26)10-19)22(27)15-25/h3-10,16-17,25-26H,11-15H2,1-2H3/t16-,17+. The maximum Gasteiger partial charge on any atom is 0.191 e. The molecule has 0 saturated carbocycles. The maximum atomic E-state index is 11.6.